The van der Waals surface area contributed by atoms with Gasteiger partial charge in [0.1, 0.15) is 6.04 Å². The predicted octanol–water partition coefficient (Wildman–Crippen LogP) is 2.67. The van der Waals surface area contributed by atoms with Gasteiger partial charge in [-0.15, -0.1) is 0 Å². The van der Waals surface area contributed by atoms with E-state index in [-0.39, 0.29) is 30.4 Å². The Kier molecular flexibility index (Phi) is 5.11. The zero-order chi connectivity index (χ0) is 18.0. The first-order chi connectivity index (χ1) is 12.1. The highest BCUT2D eigenvalue weighted by Gasteiger charge is 2.53. The third-order valence-corrected chi connectivity index (χ3v) is 5.24. The van der Waals surface area contributed by atoms with Crippen LogP contribution >= 0.6 is 0 Å². The molecule has 0 bridgehead atoms. The van der Waals surface area contributed by atoms with Gasteiger partial charge in [0.25, 0.3) is 0 Å². The molecule has 3 rings (SSSR count). The molecule has 1 aliphatic heterocycles. The lowest BCUT2D eigenvalue weighted by atomic mass is 9.73. The quantitative estimate of drug-likeness (QED) is 0.863. The van der Waals surface area contributed by atoms with Crippen LogP contribution in [0, 0.1) is 35.0 Å². The first kappa shape index (κ1) is 17.5. The summed E-state index contributed by atoms with van der Waals surface area (Å²) < 4.78 is 0. The number of hydrogen-bond acceptors (Lipinski definition) is 3. The van der Waals surface area contributed by atoms with Crippen LogP contribution < -0.4 is 0 Å². The van der Waals surface area contributed by atoms with Gasteiger partial charge in [-0.1, -0.05) is 44.2 Å². The predicted molar refractivity (Wildman–Crippen MR) is 95.4 cm³/mol. The van der Waals surface area contributed by atoms with Gasteiger partial charge in [-0.2, -0.15) is 5.26 Å². The number of amides is 1. The second-order valence-corrected chi connectivity index (χ2v) is 7.27. The van der Waals surface area contributed by atoms with E-state index >= 15 is 0 Å². The molecule has 2 fully saturated rings. The summed E-state index contributed by atoms with van der Waals surface area (Å²) in [4.78, 5) is 14.2. The minimum atomic E-state index is -0.488. The average molecular weight is 336 g/mol. The van der Waals surface area contributed by atoms with Crippen LogP contribution in [0.1, 0.15) is 50.2 Å². The Hall–Kier alpha value is -2.30. The molecular weight excluding hydrogens is 312 g/mol. The van der Waals surface area contributed by atoms with Crippen molar-refractivity contribution in [3.8, 4) is 17.9 Å². The van der Waals surface area contributed by atoms with Crippen molar-refractivity contribution >= 4 is 5.91 Å². The number of nitrogens with zero attached hydrogens (tertiary/aromatic N) is 2. The molecule has 4 nitrogen and oxygen atoms in total. The molecule has 1 N–H and O–H groups in total. The number of aliphatic hydroxyl groups is 1. The summed E-state index contributed by atoms with van der Waals surface area (Å²) >= 11 is 0. The van der Waals surface area contributed by atoms with Crippen molar-refractivity contribution < 1.29 is 9.90 Å². The molecule has 1 saturated carbocycles. The largest absolute Gasteiger partial charge is 0.394 e. The lowest BCUT2D eigenvalue weighted by molar-refractivity contribution is -0.154. The van der Waals surface area contributed by atoms with E-state index < -0.39 is 6.04 Å². The molecular formula is C21H24N2O2. The van der Waals surface area contributed by atoms with Gasteiger partial charge in [-0.3, -0.25) is 4.79 Å². The third-order valence-electron chi connectivity index (χ3n) is 5.24. The van der Waals surface area contributed by atoms with Crippen LogP contribution in [0.4, 0.5) is 0 Å². The van der Waals surface area contributed by atoms with Gasteiger partial charge in [-0.25, -0.2) is 0 Å². The van der Waals surface area contributed by atoms with Gasteiger partial charge >= 0.3 is 0 Å². The number of aliphatic hydroxyl groups excluding tert-OH is 1. The molecule has 1 aliphatic carbocycles. The first-order valence-corrected chi connectivity index (χ1v) is 9.01. The van der Waals surface area contributed by atoms with Crippen LogP contribution in [0.25, 0.3) is 0 Å². The highest BCUT2D eigenvalue weighted by molar-refractivity contribution is 5.82. The Morgan fingerprint density at radius 1 is 1.32 bits per heavy atom. The van der Waals surface area contributed by atoms with E-state index in [1.54, 1.807) is 4.90 Å². The second-order valence-electron chi connectivity index (χ2n) is 7.27. The molecule has 0 spiro atoms. The molecule has 1 saturated heterocycles. The Morgan fingerprint density at radius 3 is 2.48 bits per heavy atom. The fourth-order valence-corrected chi connectivity index (χ4v) is 3.59. The van der Waals surface area contributed by atoms with Crippen molar-refractivity contribution in [3.05, 3.63) is 35.4 Å². The molecule has 1 amide bonds. The molecule has 0 radical (unpaired) electrons. The highest BCUT2D eigenvalue weighted by Crippen LogP contribution is 2.43. The molecule has 0 unspecified atom stereocenters. The lowest BCUT2D eigenvalue weighted by Gasteiger charge is -2.53. The molecule has 1 aromatic carbocycles. The smallest absolute Gasteiger partial charge is 0.227 e. The number of rotatable bonds is 3. The zero-order valence-corrected chi connectivity index (χ0v) is 14.8. The minimum absolute atomic E-state index is 0.0347. The third kappa shape index (κ3) is 3.28. The molecule has 0 aromatic heterocycles. The molecule has 2 aliphatic rings. The van der Waals surface area contributed by atoms with E-state index in [1.807, 2.05) is 38.1 Å². The lowest BCUT2D eigenvalue weighted by Crippen LogP contribution is -2.66. The summed E-state index contributed by atoms with van der Waals surface area (Å²) in [5, 5.41) is 19.4. The van der Waals surface area contributed by atoms with E-state index in [0.29, 0.717) is 5.92 Å². The van der Waals surface area contributed by atoms with E-state index in [0.717, 1.165) is 30.4 Å². The second kappa shape index (κ2) is 7.30. The number of benzene rings is 1. The van der Waals surface area contributed by atoms with Crippen molar-refractivity contribution in [3.63, 3.8) is 0 Å². The number of carbonyl (C=O) groups excluding carboxylic acids is 1. The standard InChI is InChI=1S/C21H24N2O2/c1-14(2)6-7-15-8-10-16(11-9-15)20-18(12-22)23(19(20)13-24)21(25)17-4-3-5-17/h8-11,14,17-20,24H,3-5,13H2,1-2H3/t18-,19+,20-/m0/s1. The van der Waals surface area contributed by atoms with Crippen molar-refractivity contribution in [2.75, 3.05) is 6.61 Å². The van der Waals surface area contributed by atoms with Crippen LogP contribution in [0.5, 0.6) is 0 Å². The van der Waals surface area contributed by atoms with E-state index in [4.69, 9.17) is 0 Å². The van der Waals surface area contributed by atoms with Crippen LogP contribution in [-0.2, 0) is 4.79 Å². The van der Waals surface area contributed by atoms with Crippen molar-refractivity contribution in [1.82, 2.24) is 4.90 Å². The fraction of sp³-hybridized carbons (Fsp3) is 0.524. The zero-order valence-electron chi connectivity index (χ0n) is 14.8. The SMILES string of the molecule is CC(C)C#Cc1ccc([C@@H]2[C@@H](CO)N(C(=O)C3CCC3)[C@H]2C#N)cc1. The number of nitriles is 1. The molecule has 130 valence electrons. The Balaban J connectivity index is 1.78. The van der Waals surface area contributed by atoms with Gasteiger partial charge in [0.2, 0.25) is 5.91 Å². The summed E-state index contributed by atoms with van der Waals surface area (Å²) in [5.41, 5.74) is 1.92. The normalized spacial score (nSPS) is 25.4. The molecule has 4 heteroatoms. The van der Waals surface area contributed by atoms with Crippen LogP contribution in [0.15, 0.2) is 24.3 Å². The number of hydrogen-bond donors (Lipinski definition) is 1. The monoisotopic (exact) mass is 336 g/mol. The van der Waals surface area contributed by atoms with Crippen LogP contribution in [0.2, 0.25) is 0 Å². The van der Waals surface area contributed by atoms with E-state index in [9.17, 15) is 15.2 Å². The summed E-state index contributed by atoms with van der Waals surface area (Å²) in [7, 11) is 0. The topological polar surface area (TPSA) is 64.3 Å². The van der Waals surface area contributed by atoms with Gasteiger partial charge < -0.3 is 10.0 Å². The van der Waals surface area contributed by atoms with Gasteiger partial charge in [-0.05, 0) is 30.5 Å². The summed E-state index contributed by atoms with van der Waals surface area (Å²) in [5.74, 6) is 6.52. The Morgan fingerprint density at radius 2 is 2.00 bits per heavy atom. The molecule has 1 aromatic rings. The van der Waals surface area contributed by atoms with Crippen molar-refractivity contribution in [2.45, 2.75) is 51.1 Å². The molecule has 1 heterocycles. The number of likely N-dealkylation sites (tertiary alicyclic amines) is 1. The van der Waals surface area contributed by atoms with Crippen LogP contribution in [0.3, 0.4) is 0 Å². The van der Waals surface area contributed by atoms with Gasteiger partial charge in [0, 0.05) is 23.3 Å². The van der Waals surface area contributed by atoms with Crippen molar-refractivity contribution in [2.24, 2.45) is 11.8 Å². The molecule has 25 heavy (non-hydrogen) atoms. The summed E-state index contributed by atoms with van der Waals surface area (Å²) in [6, 6.07) is 9.31. The maximum atomic E-state index is 12.6. The fourth-order valence-electron chi connectivity index (χ4n) is 3.59. The maximum absolute atomic E-state index is 12.6. The highest BCUT2D eigenvalue weighted by atomic mass is 16.3. The maximum Gasteiger partial charge on any atom is 0.227 e. The van der Waals surface area contributed by atoms with Gasteiger partial charge in [0.15, 0.2) is 0 Å². The Bertz CT molecular complexity index is 732. The summed E-state index contributed by atoms with van der Waals surface area (Å²) in [6.45, 7) is 3.98. The van der Waals surface area contributed by atoms with E-state index in [1.165, 1.54) is 0 Å². The van der Waals surface area contributed by atoms with E-state index in [2.05, 4.69) is 17.9 Å². The molecule has 3 atom stereocenters. The first-order valence-electron chi connectivity index (χ1n) is 9.01. The average Bonchev–Trinajstić information content (AvgIpc) is 2.52. The van der Waals surface area contributed by atoms with Gasteiger partial charge in [0.05, 0.1) is 18.7 Å². The Labute approximate surface area is 149 Å². The van der Waals surface area contributed by atoms with Crippen LogP contribution in [-0.4, -0.2) is 34.6 Å². The number of carbonyl (C=O) groups is 1. The van der Waals surface area contributed by atoms with Crippen molar-refractivity contribution in [1.29, 1.82) is 5.26 Å². The minimum Gasteiger partial charge on any atom is -0.394 e. The summed E-state index contributed by atoms with van der Waals surface area (Å²) in [6.07, 6.45) is 2.88.